The van der Waals surface area contributed by atoms with Crippen LogP contribution in [0, 0.1) is 6.92 Å². The lowest BCUT2D eigenvalue weighted by atomic mass is 9.93. The molecule has 0 bridgehead atoms. The van der Waals surface area contributed by atoms with Gasteiger partial charge in [0, 0.05) is 5.56 Å². The van der Waals surface area contributed by atoms with E-state index in [-0.39, 0.29) is 5.75 Å². The lowest BCUT2D eigenvalue weighted by molar-refractivity contribution is 0.0751. The molecule has 2 N–H and O–H groups in total. The van der Waals surface area contributed by atoms with Crippen LogP contribution in [0.5, 0.6) is 5.75 Å². The van der Waals surface area contributed by atoms with Crippen molar-refractivity contribution in [3.63, 3.8) is 0 Å². The number of rotatable bonds is 1. The number of aliphatic hydroxyl groups is 1. The predicted octanol–water partition coefficient (Wildman–Crippen LogP) is 1.93. The molecule has 0 saturated carbocycles. The van der Waals surface area contributed by atoms with Gasteiger partial charge in [-0.25, -0.2) is 0 Å². The smallest absolute Gasteiger partial charge is 0.121 e. The Morgan fingerprint density at radius 1 is 1.25 bits per heavy atom. The summed E-state index contributed by atoms with van der Waals surface area (Å²) >= 11 is 0. The van der Waals surface area contributed by atoms with Crippen molar-refractivity contribution in [1.29, 1.82) is 0 Å². The van der Waals surface area contributed by atoms with E-state index in [2.05, 4.69) is 0 Å². The Balaban J connectivity index is 3.31. The van der Waals surface area contributed by atoms with E-state index in [4.69, 9.17) is 0 Å². The first kappa shape index (κ1) is 9.07. The van der Waals surface area contributed by atoms with Gasteiger partial charge in [0.1, 0.15) is 5.75 Å². The Labute approximate surface area is 72.5 Å². The molecule has 0 unspecified atom stereocenters. The highest BCUT2D eigenvalue weighted by molar-refractivity contribution is 5.41. The highest BCUT2D eigenvalue weighted by Crippen LogP contribution is 2.31. The molecule has 0 aliphatic rings. The van der Waals surface area contributed by atoms with E-state index in [1.54, 1.807) is 26.0 Å². The fourth-order valence-electron chi connectivity index (χ4n) is 1.45. The van der Waals surface area contributed by atoms with Crippen LogP contribution in [0.25, 0.3) is 0 Å². The van der Waals surface area contributed by atoms with Gasteiger partial charge in [-0.05, 0) is 32.4 Å². The highest BCUT2D eigenvalue weighted by atomic mass is 16.3. The topological polar surface area (TPSA) is 40.5 Å². The summed E-state index contributed by atoms with van der Waals surface area (Å²) in [6, 6.07) is 5.22. The van der Waals surface area contributed by atoms with Crippen LogP contribution in [-0.4, -0.2) is 10.2 Å². The molecule has 2 heteroatoms. The third-order valence-electron chi connectivity index (χ3n) is 1.86. The van der Waals surface area contributed by atoms with Crippen molar-refractivity contribution in [3.8, 4) is 5.75 Å². The van der Waals surface area contributed by atoms with Gasteiger partial charge in [0.05, 0.1) is 5.60 Å². The first-order chi connectivity index (χ1) is 5.43. The maximum absolute atomic E-state index is 9.69. The summed E-state index contributed by atoms with van der Waals surface area (Å²) in [5.41, 5.74) is 0.530. The van der Waals surface area contributed by atoms with Crippen LogP contribution < -0.4 is 0 Å². The minimum atomic E-state index is -0.977. The number of phenolic OH excluding ortho intramolecular Hbond substituents is 1. The molecule has 0 aliphatic carbocycles. The van der Waals surface area contributed by atoms with Gasteiger partial charge >= 0.3 is 0 Å². The number of hydrogen-bond donors (Lipinski definition) is 2. The van der Waals surface area contributed by atoms with E-state index >= 15 is 0 Å². The van der Waals surface area contributed by atoms with Gasteiger partial charge < -0.3 is 10.2 Å². The predicted molar refractivity (Wildman–Crippen MR) is 48.1 cm³/mol. The minimum Gasteiger partial charge on any atom is -0.508 e. The molecule has 2 nitrogen and oxygen atoms in total. The van der Waals surface area contributed by atoms with Crippen molar-refractivity contribution in [2.45, 2.75) is 26.4 Å². The fourth-order valence-corrected chi connectivity index (χ4v) is 1.45. The summed E-state index contributed by atoms with van der Waals surface area (Å²) in [7, 11) is 0. The SMILES string of the molecule is Cc1cccc(O)c1C(C)(C)O. The molecular formula is C10H14O2. The van der Waals surface area contributed by atoms with Crippen LogP contribution in [0.4, 0.5) is 0 Å². The van der Waals surface area contributed by atoms with Gasteiger partial charge in [0.25, 0.3) is 0 Å². The van der Waals surface area contributed by atoms with Gasteiger partial charge in [-0.15, -0.1) is 0 Å². The fraction of sp³-hybridized carbons (Fsp3) is 0.400. The molecular weight excluding hydrogens is 152 g/mol. The summed E-state index contributed by atoms with van der Waals surface area (Å²) in [5.74, 6) is 0.155. The maximum Gasteiger partial charge on any atom is 0.121 e. The molecule has 0 radical (unpaired) electrons. The molecule has 1 aromatic carbocycles. The average molecular weight is 166 g/mol. The van der Waals surface area contributed by atoms with Crippen LogP contribution in [-0.2, 0) is 5.60 Å². The summed E-state index contributed by atoms with van der Waals surface area (Å²) in [5, 5.41) is 19.2. The van der Waals surface area contributed by atoms with Crippen molar-refractivity contribution in [1.82, 2.24) is 0 Å². The van der Waals surface area contributed by atoms with Gasteiger partial charge in [-0.3, -0.25) is 0 Å². The second-order valence-corrected chi connectivity index (χ2v) is 3.53. The van der Waals surface area contributed by atoms with Crippen molar-refractivity contribution in [3.05, 3.63) is 29.3 Å². The van der Waals surface area contributed by atoms with Crippen LogP contribution in [0.3, 0.4) is 0 Å². The van der Waals surface area contributed by atoms with Crippen LogP contribution >= 0.6 is 0 Å². The number of phenols is 1. The number of benzene rings is 1. The normalized spacial score (nSPS) is 11.7. The Morgan fingerprint density at radius 2 is 1.83 bits per heavy atom. The van der Waals surface area contributed by atoms with Crippen molar-refractivity contribution in [2.24, 2.45) is 0 Å². The zero-order valence-corrected chi connectivity index (χ0v) is 7.63. The Hall–Kier alpha value is -1.02. The van der Waals surface area contributed by atoms with Crippen molar-refractivity contribution >= 4 is 0 Å². The quantitative estimate of drug-likeness (QED) is 0.669. The van der Waals surface area contributed by atoms with Crippen molar-refractivity contribution < 1.29 is 10.2 Å². The standard InChI is InChI=1S/C10H14O2/c1-7-5-4-6-8(11)9(7)10(2,3)12/h4-6,11-12H,1-3H3. The number of aryl methyl sites for hydroxylation is 1. The molecule has 0 aliphatic heterocycles. The first-order valence-corrected chi connectivity index (χ1v) is 3.94. The first-order valence-electron chi connectivity index (χ1n) is 3.94. The van der Waals surface area contributed by atoms with Gasteiger partial charge in [0.2, 0.25) is 0 Å². The van der Waals surface area contributed by atoms with Gasteiger partial charge in [-0.1, -0.05) is 12.1 Å². The zero-order valence-electron chi connectivity index (χ0n) is 7.63. The number of hydrogen-bond acceptors (Lipinski definition) is 2. The molecule has 0 aromatic heterocycles. The average Bonchev–Trinajstić information content (AvgIpc) is 1.82. The summed E-state index contributed by atoms with van der Waals surface area (Å²) < 4.78 is 0. The molecule has 12 heavy (non-hydrogen) atoms. The van der Waals surface area contributed by atoms with Crippen molar-refractivity contribution in [2.75, 3.05) is 0 Å². The Kier molecular flexibility index (Phi) is 2.11. The largest absolute Gasteiger partial charge is 0.508 e. The van der Waals surface area contributed by atoms with Gasteiger partial charge in [0.15, 0.2) is 0 Å². The molecule has 66 valence electrons. The Morgan fingerprint density at radius 3 is 2.17 bits per heavy atom. The molecule has 0 amide bonds. The molecule has 0 atom stereocenters. The third kappa shape index (κ3) is 1.59. The van der Waals surface area contributed by atoms with E-state index in [0.29, 0.717) is 5.56 Å². The molecule has 0 heterocycles. The van der Waals surface area contributed by atoms with Gasteiger partial charge in [-0.2, -0.15) is 0 Å². The van der Waals surface area contributed by atoms with E-state index in [0.717, 1.165) is 5.56 Å². The van der Waals surface area contributed by atoms with Crippen LogP contribution in [0.1, 0.15) is 25.0 Å². The second kappa shape index (κ2) is 2.79. The summed E-state index contributed by atoms with van der Waals surface area (Å²) in [4.78, 5) is 0. The molecule has 0 saturated heterocycles. The van der Waals surface area contributed by atoms with Crippen LogP contribution in [0.2, 0.25) is 0 Å². The maximum atomic E-state index is 9.69. The Bertz CT molecular complexity index is 264. The highest BCUT2D eigenvalue weighted by Gasteiger charge is 2.21. The van der Waals surface area contributed by atoms with E-state index in [1.165, 1.54) is 0 Å². The lowest BCUT2D eigenvalue weighted by Crippen LogP contribution is -2.17. The summed E-state index contributed by atoms with van der Waals surface area (Å²) in [6.07, 6.45) is 0. The summed E-state index contributed by atoms with van der Waals surface area (Å²) in [6.45, 7) is 5.19. The molecule has 0 fully saturated rings. The third-order valence-corrected chi connectivity index (χ3v) is 1.86. The van der Waals surface area contributed by atoms with E-state index in [1.807, 2.05) is 13.0 Å². The molecule has 0 spiro atoms. The monoisotopic (exact) mass is 166 g/mol. The molecule has 1 aromatic rings. The zero-order chi connectivity index (χ0) is 9.35. The van der Waals surface area contributed by atoms with E-state index < -0.39 is 5.60 Å². The number of aromatic hydroxyl groups is 1. The van der Waals surface area contributed by atoms with E-state index in [9.17, 15) is 10.2 Å². The lowest BCUT2D eigenvalue weighted by Gasteiger charge is -2.21. The minimum absolute atomic E-state index is 0.155. The van der Waals surface area contributed by atoms with Crippen LogP contribution in [0.15, 0.2) is 18.2 Å². The molecule has 1 rings (SSSR count). The second-order valence-electron chi connectivity index (χ2n) is 3.53.